The number of likely N-dealkylation sites (tertiary alicyclic amines) is 1. The molecule has 0 radical (unpaired) electrons. The van der Waals surface area contributed by atoms with Crippen molar-refractivity contribution in [3.05, 3.63) is 0 Å². The topological polar surface area (TPSA) is 652 Å². The van der Waals surface area contributed by atoms with Gasteiger partial charge in [-0.05, 0) is 77.0 Å². The standard InChI is InChI=1S/C79H142N11O34P/c1-51(94)86-67-73(109)70(106)56(44-91)122-76(67)118-36-16-13-22-59(98)80-30-19-33-83-62(101)27-39-115-48-79(89-65(104)25-11-9-7-5-6-8-10-12-26-66(105)90-43-55(97)42-54(90)47-121-125(112,113)114-4,49-116-40-28-63(102)84-34-20-31-81-60(99)23-14-17-37-119-77-68(87-52(2)95)74(110)71(107)57(45-92)123-77)50-117-41-29-64(103)85-35-21-32-82-61(100)24-15-18-38-120-78-69(88-53(3)96)75(111)72(108)58(46-93)124-78/h54-58,67-78,91-93,97,106-111H,5-50H2,1-4H3,(H,80,98)(H,81,99)(H,82,100)(H,83,101)(H,84,102)(H,85,103)(H,86,94)(H,87,95)(H,88,96)(H,89,104)(H,112,113)/t54-,55+,56?,57?,58?,67?,68?,69?,70?,71?,72?,73?,74?,75?,76?,77?,78?,79?/m0/s1. The van der Waals surface area contributed by atoms with Crippen molar-refractivity contribution in [3.8, 4) is 0 Å². The Kier molecular flexibility index (Phi) is 55.6. The molecule has 11 amide bonds. The number of hydrogen-bond acceptors (Lipinski definition) is 33. The quantitative estimate of drug-likeness (QED) is 0.0200. The maximum atomic E-state index is 14.1. The molecule has 4 fully saturated rings. The highest BCUT2D eigenvalue weighted by Gasteiger charge is 2.48. The number of rotatable bonds is 67. The zero-order valence-corrected chi connectivity index (χ0v) is 73.4. The Morgan fingerprint density at radius 2 is 0.688 bits per heavy atom. The van der Waals surface area contributed by atoms with Gasteiger partial charge in [0.05, 0.1) is 78.2 Å². The molecule has 0 aromatic heterocycles. The summed E-state index contributed by atoms with van der Waals surface area (Å²) in [4.78, 5) is 151. The average molecular weight is 1820 g/mol. The van der Waals surface area contributed by atoms with Gasteiger partial charge in [-0.3, -0.25) is 61.8 Å². The SMILES string of the molecule is COP(=O)(O)OC[C@@H]1C[C@@H](O)CN1C(=O)CCCCCCCCCCC(=O)NC(COCCC(=O)NCCCNC(=O)CCCCOC1OC(CO)C(O)C(O)C1NC(C)=O)(COCCC(=O)NCCCNC(=O)CCCCOC1OC(CO)C(O)C(O)C1NC(C)=O)COCCC(=O)NCCCNC(=O)CCCCOC1OC(CO)C(O)C(O)C1NC(C)=O. The first-order valence-electron chi connectivity index (χ1n) is 43.4. The van der Waals surface area contributed by atoms with E-state index >= 15 is 0 Å². The fraction of sp³-hybridized carbons (Fsp3) is 0.861. The van der Waals surface area contributed by atoms with Crippen molar-refractivity contribution >= 4 is 72.8 Å². The number of carbonyl (C=O) groups excluding carboxylic acids is 11. The molecule has 4 aliphatic heterocycles. The van der Waals surface area contributed by atoms with Crippen molar-refractivity contribution in [2.24, 2.45) is 0 Å². The van der Waals surface area contributed by atoms with Crippen LogP contribution in [0.1, 0.15) is 188 Å². The van der Waals surface area contributed by atoms with E-state index in [0.717, 1.165) is 39.2 Å². The minimum absolute atomic E-state index is 0.0647. The van der Waals surface area contributed by atoms with E-state index in [4.69, 9.17) is 47.2 Å². The Labute approximate surface area is 729 Å². The fourth-order valence-corrected chi connectivity index (χ4v) is 14.5. The lowest BCUT2D eigenvalue weighted by atomic mass is 9.97. The van der Waals surface area contributed by atoms with Crippen molar-refractivity contribution in [1.29, 1.82) is 0 Å². The Hall–Kier alpha value is -6.48. The summed E-state index contributed by atoms with van der Waals surface area (Å²) < 4.78 is 73.5. The summed E-state index contributed by atoms with van der Waals surface area (Å²) in [5.74, 6) is -4.08. The van der Waals surface area contributed by atoms with Crippen LogP contribution in [0.3, 0.4) is 0 Å². The average Bonchev–Trinajstić information content (AvgIpc) is 1.57. The predicted octanol–water partition coefficient (Wildman–Crippen LogP) is -5.05. The second kappa shape index (κ2) is 62.7. The van der Waals surface area contributed by atoms with Crippen LogP contribution in [0.2, 0.25) is 0 Å². The molecule has 125 heavy (non-hydrogen) atoms. The zero-order chi connectivity index (χ0) is 92.1. The third kappa shape index (κ3) is 45.1. The second-order valence-corrected chi connectivity index (χ2v) is 33.1. The smallest absolute Gasteiger partial charge is 0.394 e. The molecule has 4 heterocycles. The predicted molar refractivity (Wildman–Crippen MR) is 440 cm³/mol. The summed E-state index contributed by atoms with van der Waals surface area (Å²) in [6, 6.07) is -3.90. The van der Waals surface area contributed by atoms with Gasteiger partial charge in [0.15, 0.2) is 18.9 Å². The molecule has 18 atom stereocenters. The lowest BCUT2D eigenvalue weighted by Gasteiger charge is -2.42. The number of aliphatic hydroxyl groups is 10. The molecule has 4 saturated heterocycles. The van der Waals surface area contributed by atoms with Gasteiger partial charge < -0.3 is 157 Å². The van der Waals surface area contributed by atoms with Gasteiger partial charge in [-0.15, -0.1) is 0 Å². The van der Waals surface area contributed by atoms with Gasteiger partial charge in [0.1, 0.15) is 78.6 Å². The molecular weight excluding hydrogens is 1680 g/mol. The molecule has 0 spiro atoms. The highest BCUT2D eigenvalue weighted by atomic mass is 31.2. The number of aliphatic hydroxyl groups excluding tert-OH is 10. The third-order valence-electron chi connectivity index (χ3n) is 20.9. The van der Waals surface area contributed by atoms with Gasteiger partial charge in [-0.1, -0.05) is 38.5 Å². The number of nitrogens with one attached hydrogen (secondary N) is 10. The lowest BCUT2D eigenvalue weighted by Crippen LogP contribution is -2.64. The minimum atomic E-state index is -4.28. The van der Waals surface area contributed by atoms with Crippen molar-refractivity contribution in [3.63, 3.8) is 0 Å². The van der Waals surface area contributed by atoms with E-state index in [1.165, 1.54) is 25.7 Å². The van der Waals surface area contributed by atoms with E-state index in [2.05, 4.69) is 57.7 Å². The molecule has 45 nitrogen and oxygen atoms in total. The number of amides is 11. The first-order chi connectivity index (χ1) is 59.8. The molecule has 0 aromatic rings. The minimum Gasteiger partial charge on any atom is -0.394 e. The van der Waals surface area contributed by atoms with Gasteiger partial charge in [0, 0.05) is 145 Å². The van der Waals surface area contributed by atoms with Gasteiger partial charge >= 0.3 is 7.82 Å². The molecule has 21 N–H and O–H groups in total. The number of phosphoric acid groups is 1. The zero-order valence-electron chi connectivity index (χ0n) is 72.5. The molecule has 46 heteroatoms. The maximum Gasteiger partial charge on any atom is 0.471 e. The molecule has 0 bridgehead atoms. The number of unbranched alkanes of at least 4 members (excludes halogenated alkanes) is 10. The van der Waals surface area contributed by atoms with Gasteiger partial charge in [-0.2, -0.15) is 0 Å². The molecule has 4 aliphatic rings. The summed E-state index contributed by atoms with van der Waals surface area (Å²) in [7, 11) is -3.25. The normalized spacial score (nSPS) is 25.2. The summed E-state index contributed by atoms with van der Waals surface area (Å²) in [5, 5.41) is 129. The molecule has 0 saturated carbocycles. The van der Waals surface area contributed by atoms with E-state index in [1.54, 1.807) is 0 Å². The molecule has 16 unspecified atom stereocenters. The highest BCUT2D eigenvalue weighted by Crippen LogP contribution is 2.43. The van der Waals surface area contributed by atoms with Crippen molar-refractivity contribution in [2.45, 2.75) is 297 Å². The van der Waals surface area contributed by atoms with Crippen LogP contribution in [-0.4, -0.2) is 374 Å². The van der Waals surface area contributed by atoms with E-state index in [9.17, 15) is 113 Å². The van der Waals surface area contributed by atoms with Crippen LogP contribution >= 0.6 is 7.82 Å². The Bertz CT molecular complexity index is 2980. The number of ether oxygens (including phenoxy) is 9. The highest BCUT2D eigenvalue weighted by molar-refractivity contribution is 7.47. The van der Waals surface area contributed by atoms with Crippen molar-refractivity contribution < 1.29 is 165 Å². The third-order valence-corrected chi connectivity index (χ3v) is 21.8. The molecule has 4 rings (SSSR count). The first-order valence-corrected chi connectivity index (χ1v) is 44.9. The largest absolute Gasteiger partial charge is 0.471 e. The monoisotopic (exact) mass is 1820 g/mol. The number of nitrogens with zero attached hydrogens (tertiary/aromatic N) is 1. The van der Waals surface area contributed by atoms with E-state index in [-0.39, 0.29) is 193 Å². The lowest BCUT2D eigenvalue weighted by molar-refractivity contribution is -0.270. The van der Waals surface area contributed by atoms with Crippen LogP contribution in [0, 0.1) is 0 Å². The van der Waals surface area contributed by atoms with E-state index < -0.39 is 179 Å². The Balaban J connectivity index is 1.31. The first kappa shape index (κ1) is 111. The van der Waals surface area contributed by atoms with Crippen LogP contribution < -0.4 is 53.2 Å². The summed E-state index contributed by atoms with van der Waals surface area (Å²) in [6.07, 6.45) is -6.85. The molecule has 722 valence electrons. The molecular formula is C79H142N11O34P. The van der Waals surface area contributed by atoms with Gasteiger partial charge in [-0.25, -0.2) is 4.57 Å². The van der Waals surface area contributed by atoms with E-state index in [0.29, 0.717) is 77.0 Å². The van der Waals surface area contributed by atoms with Crippen molar-refractivity contribution in [1.82, 2.24) is 58.1 Å². The molecule has 0 aliphatic carbocycles. The number of hydrogen-bond donors (Lipinski definition) is 21. The van der Waals surface area contributed by atoms with Crippen LogP contribution in [-0.2, 0) is 109 Å². The van der Waals surface area contributed by atoms with Crippen molar-refractivity contribution in [2.75, 3.05) is 139 Å². The second-order valence-electron chi connectivity index (χ2n) is 31.5. The summed E-state index contributed by atoms with van der Waals surface area (Å²) in [5.41, 5.74) is -1.46. The van der Waals surface area contributed by atoms with E-state index in [1.807, 2.05) is 0 Å². The summed E-state index contributed by atoms with van der Waals surface area (Å²) >= 11 is 0. The van der Waals surface area contributed by atoms with Gasteiger partial charge in [0.2, 0.25) is 65.0 Å². The number of phosphoric ester groups is 1. The Morgan fingerprint density at radius 3 is 1.00 bits per heavy atom. The van der Waals surface area contributed by atoms with Crippen LogP contribution in [0.4, 0.5) is 0 Å². The fourth-order valence-electron chi connectivity index (χ4n) is 14.0. The molecule has 0 aromatic carbocycles. The maximum absolute atomic E-state index is 14.1. The van der Waals surface area contributed by atoms with Gasteiger partial charge in [0.25, 0.3) is 0 Å². The summed E-state index contributed by atoms with van der Waals surface area (Å²) in [6.45, 7) is 1.84. The van der Waals surface area contributed by atoms with Crippen LogP contribution in [0.15, 0.2) is 0 Å². The Morgan fingerprint density at radius 1 is 0.392 bits per heavy atom. The van der Waals surface area contributed by atoms with Crippen LogP contribution in [0.25, 0.3) is 0 Å². The number of β-amino-alcohol motifs (C(OH)–C–C–N with tert-alkyl or cyclic N) is 1. The number of carbonyl (C=O) groups is 11. The van der Waals surface area contributed by atoms with Crippen LogP contribution in [0.5, 0.6) is 0 Å².